The summed E-state index contributed by atoms with van der Waals surface area (Å²) in [6.45, 7) is 2.11. The van der Waals surface area contributed by atoms with Gasteiger partial charge in [0.2, 0.25) is 10.0 Å². The van der Waals surface area contributed by atoms with Gasteiger partial charge in [0.05, 0.1) is 11.4 Å². The number of aryl methyl sites for hydroxylation is 2. The van der Waals surface area contributed by atoms with Crippen molar-refractivity contribution in [1.82, 2.24) is 19.7 Å². The summed E-state index contributed by atoms with van der Waals surface area (Å²) < 4.78 is 29.1. The largest absolute Gasteiger partial charge is 0.364 e. The maximum absolute atomic E-state index is 13.1. The molecule has 0 bridgehead atoms. The van der Waals surface area contributed by atoms with E-state index in [9.17, 15) is 18.0 Å². The van der Waals surface area contributed by atoms with Gasteiger partial charge < -0.3 is 10.6 Å². The van der Waals surface area contributed by atoms with Crippen LogP contribution in [0.2, 0.25) is 0 Å². The number of nitrogens with one attached hydrogen (secondary N) is 1. The first-order valence-corrected chi connectivity index (χ1v) is 10.7. The van der Waals surface area contributed by atoms with Crippen LogP contribution in [0.15, 0.2) is 18.3 Å². The Bertz CT molecular complexity index is 1120. The number of nitrogens with zero attached hydrogens (tertiary/aromatic N) is 4. The molecular formula is C18H22N6O4S. The van der Waals surface area contributed by atoms with E-state index in [1.807, 2.05) is 0 Å². The molecule has 2 aromatic heterocycles. The molecule has 0 aromatic carbocycles. The fourth-order valence-corrected chi connectivity index (χ4v) is 5.45. The van der Waals surface area contributed by atoms with Gasteiger partial charge in [0.1, 0.15) is 10.4 Å². The van der Waals surface area contributed by atoms with Crippen molar-refractivity contribution in [3.8, 4) is 0 Å². The zero-order valence-corrected chi connectivity index (χ0v) is 17.0. The quantitative estimate of drug-likeness (QED) is 0.686. The number of aromatic nitrogens is 3. The third-order valence-corrected chi connectivity index (χ3v) is 7.77. The van der Waals surface area contributed by atoms with Crippen LogP contribution in [0.3, 0.4) is 0 Å². The number of anilines is 1. The van der Waals surface area contributed by atoms with Crippen molar-refractivity contribution in [3.63, 3.8) is 0 Å². The Hall–Kier alpha value is -2.95. The number of fused-ring (bicyclic) bond motifs is 1. The molecule has 0 radical (unpaired) electrons. The second kappa shape index (κ2) is 6.55. The fraction of sp³-hybridized carbons (Fsp3) is 0.444. The molecule has 2 aliphatic rings. The summed E-state index contributed by atoms with van der Waals surface area (Å²) in [6, 6.07) is 3.33. The molecule has 2 amide bonds. The zero-order chi connectivity index (χ0) is 21.0. The lowest BCUT2D eigenvalue weighted by Gasteiger charge is -2.31. The molecule has 1 aliphatic carbocycles. The number of carbonyl (C=O) groups excluding carboxylic acids is 2. The van der Waals surface area contributed by atoms with Gasteiger partial charge in [-0.15, -0.1) is 0 Å². The summed E-state index contributed by atoms with van der Waals surface area (Å²) in [4.78, 5) is 30.2. The van der Waals surface area contributed by atoms with Gasteiger partial charge in [-0.25, -0.2) is 8.42 Å². The van der Waals surface area contributed by atoms with Crippen LogP contribution in [-0.4, -0.2) is 57.7 Å². The van der Waals surface area contributed by atoms with Crippen LogP contribution in [0.4, 0.5) is 5.69 Å². The smallest absolute Gasteiger partial charge is 0.272 e. The molecule has 1 aliphatic heterocycles. The van der Waals surface area contributed by atoms with Gasteiger partial charge >= 0.3 is 0 Å². The molecule has 0 atom stereocenters. The van der Waals surface area contributed by atoms with Crippen LogP contribution < -0.4 is 10.5 Å². The van der Waals surface area contributed by atoms with E-state index in [2.05, 4.69) is 14.8 Å². The van der Waals surface area contributed by atoms with Gasteiger partial charge in [0, 0.05) is 31.9 Å². The molecule has 3 heterocycles. The van der Waals surface area contributed by atoms with Crippen LogP contribution in [0.5, 0.6) is 0 Å². The highest BCUT2D eigenvalue weighted by atomic mass is 32.2. The topological polar surface area (TPSA) is 140 Å². The lowest BCUT2D eigenvalue weighted by Crippen LogP contribution is -2.47. The van der Waals surface area contributed by atoms with E-state index in [1.54, 1.807) is 32.3 Å². The van der Waals surface area contributed by atoms with Crippen molar-refractivity contribution < 1.29 is 18.0 Å². The summed E-state index contributed by atoms with van der Waals surface area (Å²) in [7, 11) is -2.15. The Balaban J connectivity index is 1.57. The van der Waals surface area contributed by atoms with Crippen molar-refractivity contribution in [2.45, 2.75) is 30.9 Å². The number of nitrogens with two attached hydrogens (primary N) is 1. The van der Waals surface area contributed by atoms with Gasteiger partial charge in [-0.05, 0) is 38.3 Å². The van der Waals surface area contributed by atoms with E-state index in [-0.39, 0.29) is 23.8 Å². The Kier molecular flexibility index (Phi) is 4.37. The Labute approximate surface area is 168 Å². The lowest BCUT2D eigenvalue weighted by molar-refractivity contribution is 0.0724. The van der Waals surface area contributed by atoms with Crippen LogP contribution in [0.1, 0.15) is 45.1 Å². The molecule has 0 spiro atoms. The predicted molar refractivity (Wildman–Crippen MR) is 105 cm³/mol. The number of sulfonamides is 1. The SMILES string of the molecule is Cc1ncccc1NS(=O)(=O)C1(CN2CCc3c(C(N)=O)nn(C)c3C2=O)CC1. The highest BCUT2D eigenvalue weighted by Crippen LogP contribution is 2.45. The predicted octanol–water partition coefficient (Wildman–Crippen LogP) is 0.195. The van der Waals surface area contributed by atoms with Crippen LogP contribution in [0.25, 0.3) is 0 Å². The molecule has 0 unspecified atom stereocenters. The monoisotopic (exact) mass is 418 g/mol. The molecule has 29 heavy (non-hydrogen) atoms. The lowest BCUT2D eigenvalue weighted by atomic mass is 10.0. The Morgan fingerprint density at radius 2 is 2.10 bits per heavy atom. The Morgan fingerprint density at radius 1 is 1.38 bits per heavy atom. The highest BCUT2D eigenvalue weighted by Gasteiger charge is 2.56. The standard InChI is InChI=1S/C18H22N6O4S/c1-11-13(4-3-8-20-11)22-29(27,28)18(6-7-18)10-24-9-5-12-14(16(19)25)21-23(2)15(12)17(24)26/h3-4,8,22H,5-7,9-10H2,1-2H3,(H2,19,25). The van der Waals surface area contributed by atoms with Crippen molar-refractivity contribution in [3.05, 3.63) is 41.0 Å². The van der Waals surface area contributed by atoms with E-state index >= 15 is 0 Å². The van der Waals surface area contributed by atoms with Gasteiger partial charge in [0.15, 0.2) is 5.69 Å². The molecule has 0 saturated heterocycles. The van der Waals surface area contributed by atoms with Crippen molar-refractivity contribution in [2.75, 3.05) is 17.8 Å². The number of hydrogen-bond donors (Lipinski definition) is 2. The maximum atomic E-state index is 13.1. The molecule has 10 nitrogen and oxygen atoms in total. The summed E-state index contributed by atoms with van der Waals surface area (Å²) in [5.41, 5.74) is 7.28. The zero-order valence-electron chi connectivity index (χ0n) is 16.2. The van der Waals surface area contributed by atoms with E-state index in [1.165, 1.54) is 9.58 Å². The number of carbonyl (C=O) groups is 2. The van der Waals surface area contributed by atoms with Crippen LogP contribution >= 0.6 is 0 Å². The number of pyridine rings is 1. The third kappa shape index (κ3) is 3.15. The normalized spacial score (nSPS) is 17.7. The van der Waals surface area contributed by atoms with Crippen molar-refractivity contribution in [1.29, 1.82) is 0 Å². The van der Waals surface area contributed by atoms with Gasteiger partial charge in [-0.3, -0.25) is 24.0 Å². The number of rotatable bonds is 6. The first-order chi connectivity index (χ1) is 13.7. The second-order valence-electron chi connectivity index (χ2n) is 7.57. The Morgan fingerprint density at radius 3 is 2.72 bits per heavy atom. The van der Waals surface area contributed by atoms with Gasteiger partial charge in [-0.1, -0.05) is 0 Å². The molecule has 4 rings (SSSR count). The van der Waals surface area contributed by atoms with Gasteiger partial charge in [0.25, 0.3) is 11.8 Å². The minimum Gasteiger partial charge on any atom is -0.364 e. The molecule has 2 aromatic rings. The molecule has 3 N–H and O–H groups in total. The molecule has 154 valence electrons. The number of hydrogen-bond acceptors (Lipinski definition) is 6. The van der Waals surface area contributed by atoms with E-state index < -0.39 is 20.7 Å². The van der Waals surface area contributed by atoms with Gasteiger partial charge in [-0.2, -0.15) is 5.10 Å². The first-order valence-electron chi connectivity index (χ1n) is 9.24. The summed E-state index contributed by atoms with van der Waals surface area (Å²) in [5, 5.41) is 4.06. The molecule has 1 fully saturated rings. The van der Waals surface area contributed by atoms with E-state index in [0.29, 0.717) is 42.8 Å². The molecular weight excluding hydrogens is 396 g/mol. The first kappa shape index (κ1) is 19.4. The minimum atomic E-state index is -3.72. The van der Waals surface area contributed by atoms with Crippen LogP contribution in [-0.2, 0) is 23.5 Å². The number of amides is 2. The van der Waals surface area contributed by atoms with Crippen molar-refractivity contribution in [2.24, 2.45) is 12.8 Å². The molecule has 1 saturated carbocycles. The average Bonchev–Trinajstić information content (AvgIpc) is 3.37. The minimum absolute atomic E-state index is 0.0804. The summed E-state index contributed by atoms with van der Waals surface area (Å²) in [5.74, 6) is -1.02. The van der Waals surface area contributed by atoms with E-state index in [0.717, 1.165) is 0 Å². The third-order valence-electron chi connectivity index (χ3n) is 5.61. The average molecular weight is 418 g/mol. The second-order valence-corrected chi connectivity index (χ2v) is 9.64. The van der Waals surface area contributed by atoms with Crippen molar-refractivity contribution >= 4 is 27.5 Å². The maximum Gasteiger partial charge on any atom is 0.272 e. The summed E-state index contributed by atoms with van der Waals surface area (Å²) >= 11 is 0. The number of primary amides is 1. The van der Waals surface area contributed by atoms with E-state index in [4.69, 9.17) is 5.73 Å². The molecule has 11 heteroatoms. The van der Waals surface area contributed by atoms with Crippen LogP contribution in [0, 0.1) is 6.92 Å². The highest BCUT2D eigenvalue weighted by molar-refractivity contribution is 7.94. The fourth-order valence-electron chi connectivity index (χ4n) is 3.76. The summed E-state index contributed by atoms with van der Waals surface area (Å²) in [6.07, 6.45) is 2.93.